The van der Waals surface area contributed by atoms with E-state index in [0.29, 0.717) is 11.8 Å². The van der Waals surface area contributed by atoms with E-state index >= 15 is 0 Å². The monoisotopic (exact) mass is 286 g/mol. The molecule has 2 aliphatic carbocycles. The SMILES string of the molecule is C.C.C.CCC(C)C(=O)OC1C2CC3C(=O)OC1C3C2. The van der Waals surface area contributed by atoms with E-state index < -0.39 is 0 Å². The van der Waals surface area contributed by atoms with Gasteiger partial charge in [0.2, 0.25) is 0 Å². The van der Waals surface area contributed by atoms with E-state index in [-0.39, 0.29) is 58.3 Å². The molecule has 0 aromatic rings. The van der Waals surface area contributed by atoms with Crippen LogP contribution in [0.2, 0.25) is 0 Å². The van der Waals surface area contributed by atoms with Gasteiger partial charge in [0.1, 0.15) is 12.2 Å². The summed E-state index contributed by atoms with van der Waals surface area (Å²) in [6.45, 7) is 3.84. The lowest BCUT2D eigenvalue weighted by Crippen LogP contribution is -2.37. The summed E-state index contributed by atoms with van der Waals surface area (Å²) in [6, 6.07) is 0. The van der Waals surface area contributed by atoms with Crippen LogP contribution in [0.5, 0.6) is 0 Å². The number of esters is 2. The molecule has 2 bridgehead atoms. The molecule has 1 aliphatic heterocycles. The van der Waals surface area contributed by atoms with E-state index in [2.05, 4.69) is 0 Å². The van der Waals surface area contributed by atoms with Crippen molar-refractivity contribution in [2.75, 3.05) is 0 Å². The molecule has 1 heterocycles. The molecule has 3 fully saturated rings. The standard InChI is InChI=1S/C13H18O4.3CH4/c1-3-6(2)12(14)16-10-7-4-8-9(5-7)13(15)17-11(8)10;;;/h6-11H,3-5H2,1-2H3;3*1H4. The Morgan fingerprint density at radius 3 is 2.60 bits per heavy atom. The van der Waals surface area contributed by atoms with Crippen LogP contribution in [0.4, 0.5) is 0 Å². The third-order valence-electron chi connectivity index (χ3n) is 4.68. The highest BCUT2D eigenvalue weighted by Gasteiger charge is 2.63. The lowest BCUT2D eigenvalue weighted by Gasteiger charge is -2.26. The van der Waals surface area contributed by atoms with Gasteiger partial charge in [-0.15, -0.1) is 0 Å². The minimum Gasteiger partial charge on any atom is -0.458 e. The van der Waals surface area contributed by atoms with Crippen molar-refractivity contribution in [3.05, 3.63) is 0 Å². The van der Waals surface area contributed by atoms with Crippen molar-refractivity contribution in [2.24, 2.45) is 23.7 Å². The van der Waals surface area contributed by atoms with E-state index in [9.17, 15) is 9.59 Å². The Hall–Kier alpha value is -1.06. The van der Waals surface area contributed by atoms with Crippen LogP contribution in [0.1, 0.15) is 55.4 Å². The van der Waals surface area contributed by atoms with Crippen LogP contribution in [-0.4, -0.2) is 24.1 Å². The van der Waals surface area contributed by atoms with Crippen molar-refractivity contribution >= 4 is 11.9 Å². The quantitative estimate of drug-likeness (QED) is 0.746. The van der Waals surface area contributed by atoms with Crippen molar-refractivity contribution in [3.8, 4) is 0 Å². The van der Waals surface area contributed by atoms with Gasteiger partial charge < -0.3 is 9.47 Å². The second-order valence-electron chi connectivity index (χ2n) is 5.61. The van der Waals surface area contributed by atoms with Gasteiger partial charge in [0.05, 0.1) is 11.8 Å². The van der Waals surface area contributed by atoms with Crippen LogP contribution in [0.25, 0.3) is 0 Å². The number of fused-ring (bicyclic) bond motifs is 1. The van der Waals surface area contributed by atoms with Crippen molar-refractivity contribution in [1.29, 1.82) is 0 Å². The summed E-state index contributed by atoms with van der Waals surface area (Å²) in [6.07, 6.45) is 2.29. The van der Waals surface area contributed by atoms with Crippen LogP contribution in [0, 0.1) is 23.7 Å². The maximum Gasteiger partial charge on any atom is 0.309 e. The Labute approximate surface area is 123 Å². The summed E-state index contributed by atoms with van der Waals surface area (Å²) in [7, 11) is 0. The highest BCUT2D eigenvalue weighted by Crippen LogP contribution is 2.55. The molecule has 2 saturated carbocycles. The molecule has 0 amide bonds. The second kappa shape index (κ2) is 6.59. The van der Waals surface area contributed by atoms with Gasteiger partial charge in [0.15, 0.2) is 0 Å². The first-order valence-corrected chi connectivity index (χ1v) is 6.52. The van der Waals surface area contributed by atoms with Crippen molar-refractivity contribution < 1.29 is 19.1 Å². The zero-order chi connectivity index (χ0) is 12.2. The molecule has 4 heteroatoms. The van der Waals surface area contributed by atoms with Crippen LogP contribution in [-0.2, 0) is 19.1 Å². The van der Waals surface area contributed by atoms with Gasteiger partial charge in [-0.25, -0.2) is 0 Å². The van der Waals surface area contributed by atoms with Crippen LogP contribution < -0.4 is 0 Å². The molecular weight excluding hydrogens is 256 g/mol. The maximum atomic E-state index is 11.8. The summed E-state index contributed by atoms with van der Waals surface area (Å²) in [5, 5.41) is 0. The first-order valence-electron chi connectivity index (χ1n) is 6.52. The van der Waals surface area contributed by atoms with Gasteiger partial charge in [0.25, 0.3) is 0 Å². The molecule has 6 unspecified atom stereocenters. The van der Waals surface area contributed by atoms with Crippen LogP contribution >= 0.6 is 0 Å². The van der Waals surface area contributed by atoms with Gasteiger partial charge in [-0.2, -0.15) is 0 Å². The summed E-state index contributed by atoms with van der Waals surface area (Å²) >= 11 is 0. The minimum atomic E-state index is -0.177. The molecule has 0 aromatic heterocycles. The number of ether oxygens (including phenoxy) is 2. The van der Waals surface area contributed by atoms with E-state index in [4.69, 9.17) is 9.47 Å². The van der Waals surface area contributed by atoms with Crippen molar-refractivity contribution in [2.45, 2.75) is 67.6 Å². The minimum absolute atomic E-state index is 0. The number of carbonyl (C=O) groups excluding carboxylic acids is 2. The Kier molecular flexibility index (Phi) is 6.25. The Morgan fingerprint density at radius 2 is 2.00 bits per heavy atom. The first kappa shape index (κ1) is 18.9. The lowest BCUT2D eigenvalue weighted by atomic mass is 9.88. The Balaban J connectivity index is 0.00000120. The molecular formula is C16H30O4. The predicted octanol–water partition coefficient (Wildman–Crippen LogP) is 3.43. The fourth-order valence-corrected chi connectivity index (χ4v) is 3.48. The molecule has 6 atom stereocenters. The molecule has 3 aliphatic rings. The van der Waals surface area contributed by atoms with Gasteiger partial charge in [-0.1, -0.05) is 36.1 Å². The summed E-state index contributed by atoms with van der Waals surface area (Å²) in [5.41, 5.74) is 0. The number of hydrogen-bond acceptors (Lipinski definition) is 4. The molecule has 4 nitrogen and oxygen atoms in total. The zero-order valence-corrected chi connectivity index (χ0v) is 10.2. The topological polar surface area (TPSA) is 52.6 Å². The first-order chi connectivity index (χ1) is 8.11. The average Bonchev–Trinajstić information content (AvgIpc) is 2.92. The van der Waals surface area contributed by atoms with Crippen LogP contribution in [0.3, 0.4) is 0 Å². The smallest absolute Gasteiger partial charge is 0.309 e. The summed E-state index contributed by atoms with van der Waals surface area (Å²) in [5.74, 6) is 0.441. The molecule has 118 valence electrons. The third-order valence-corrected chi connectivity index (χ3v) is 4.68. The van der Waals surface area contributed by atoms with E-state index in [0.717, 1.165) is 19.3 Å². The fraction of sp³-hybridized carbons (Fsp3) is 0.875. The van der Waals surface area contributed by atoms with E-state index in [1.807, 2.05) is 13.8 Å². The van der Waals surface area contributed by atoms with Crippen LogP contribution in [0.15, 0.2) is 0 Å². The Bertz CT molecular complexity index is 365. The number of carbonyl (C=O) groups is 2. The van der Waals surface area contributed by atoms with E-state index in [1.165, 1.54) is 0 Å². The molecule has 20 heavy (non-hydrogen) atoms. The average molecular weight is 286 g/mol. The zero-order valence-electron chi connectivity index (χ0n) is 10.2. The molecule has 3 rings (SSSR count). The van der Waals surface area contributed by atoms with Gasteiger partial charge >= 0.3 is 11.9 Å². The third kappa shape index (κ3) is 2.57. The Morgan fingerprint density at radius 1 is 1.35 bits per heavy atom. The van der Waals surface area contributed by atoms with Crippen molar-refractivity contribution in [3.63, 3.8) is 0 Å². The fourth-order valence-electron chi connectivity index (χ4n) is 3.48. The molecule has 0 N–H and O–H groups in total. The van der Waals surface area contributed by atoms with Gasteiger partial charge in [0, 0.05) is 11.8 Å². The van der Waals surface area contributed by atoms with Crippen molar-refractivity contribution in [1.82, 2.24) is 0 Å². The van der Waals surface area contributed by atoms with E-state index in [1.54, 1.807) is 0 Å². The molecule has 1 saturated heterocycles. The highest BCUT2D eigenvalue weighted by atomic mass is 16.6. The lowest BCUT2D eigenvalue weighted by molar-refractivity contribution is -0.165. The maximum absolute atomic E-state index is 11.8. The summed E-state index contributed by atoms with van der Waals surface area (Å²) < 4.78 is 10.9. The predicted molar refractivity (Wildman–Crippen MR) is 79.1 cm³/mol. The number of rotatable bonds is 3. The van der Waals surface area contributed by atoms with Gasteiger partial charge in [-0.05, 0) is 19.3 Å². The molecule has 0 spiro atoms. The highest BCUT2D eigenvalue weighted by molar-refractivity contribution is 5.77. The largest absolute Gasteiger partial charge is 0.458 e. The molecule has 0 radical (unpaired) electrons. The normalized spacial score (nSPS) is 37.1. The molecule has 0 aromatic carbocycles. The summed E-state index contributed by atoms with van der Waals surface area (Å²) in [4.78, 5) is 23.4. The second-order valence-corrected chi connectivity index (χ2v) is 5.61. The van der Waals surface area contributed by atoms with Gasteiger partial charge in [-0.3, -0.25) is 9.59 Å². The number of hydrogen-bond donors (Lipinski definition) is 0.